The highest BCUT2D eigenvalue weighted by atomic mass is 32.2. The van der Waals surface area contributed by atoms with Gasteiger partial charge in [-0.25, -0.2) is 4.68 Å². The Hall–Kier alpha value is -2.25. The first kappa shape index (κ1) is 16.2. The summed E-state index contributed by atoms with van der Waals surface area (Å²) in [6, 6.07) is 9.78. The summed E-state index contributed by atoms with van der Waals surface area (Å²) in [5, 5.41) is 12.1. The fourth-order valence-corrected chi connectivity index (χ4v) is 4.93. The second-order valence-electron chi connectivity index (χ2n) is 5.75. The molecule has 1 amide bonds. The molecule has 3 heterocycles. The van der Waals surface area contributed by atoms with Gasteiger partial charge in [0.2, 0.25) is 5.91 Å². The van der Waals surface area contributed by atoms with Crippen LogP contribution in [-0.4, -0.2) is 28.6 Å². The fourth-order valence-electron chi connectivity index (χ4n) is 2.98. The number of nitrogens with one attached hydrogen (secondary N) is 1. The van der Waals surface area contributed by atoms with Crippen LogP contribution in [0.4, 0.5) is 5.82 Å². The number of thioether (sulfide) groups is 1. The highest BCUT2D eigenvalue weighted by Crippen LogP contribution is 2.44. The molecule has 5 nitrogen and oxygen atoms in total. The van der Waals surface area contributed by atoms with Crippen molar-refractivity contribution in [2.24, 2.45) is 0 Å². The van der Waals surface area contributed by atoms with Crippen LogP contribution in [0.1, 0.15) is 22.1 Å². The highest BCUT2D eigenvalue weighted by molar-refractivity contribution is 8.00. The largest absolute Gasteiger partial charge is 0.497 e. The number of carbonyl (C=O) groups is 1. The zero-order valence-electron chi connectivity index (χ0n) is 13.9. The third-order valence-electron chi connectivity index (χ3n) is 4.17. The van der Waals surface area contributed by atoms with E-state index in [1.54, 1.807) is 30.2 Å². The van der Waals surface area contributed by atoms with Gasteiger partial charge in [0.15, 0.2) is 0 Å². The van der Waals surface area contributed by atoms with Gasteiger partial charge < -0.3 is 10.1 Å². The van der Waals surface area contributed by atoms with Crippen molar-refractivity contribution >= 4 is 34.8 Å². The van der Waals surface area contributed by atoms with Crippen molar-refractivity contribution in [3.05, 3.63) is 57.9 Å². The Labute approximate surface area is 154 Å². The molecule has 0 saturated heterocycles. The minimum atomic E-state index is -0.00126. The van der Waals surface area contributed by atoms with Gasteiger partial charge in [-0.2, -0.15) is 16.4 Å². The van der Waals surface area contributed by atoms with Gasteiger partial charge in [0, 0.05) is 5.56 Å². The standard InChI is InChI=1S/C18H17N3O2S2/c1-11-16-17(12-7-8-24-9-12)25-10-15(22)19-18(16)21(20-11)13-3-5-14(23-2)6-4-13/h3-9,17H,10H2,1-2H3,(H,19,22)/t17-/m0/s1. The smallest absolute Gasteiger partial charge is 0.235 e. The number of amides is 1. The van der Waals surface area contributed by atoms with Crippen LogP contribution in [-0.2, 0) is 4.79 Å². The van der Waals surface area contributed by atoms with Crippen LogP contribution >= 0.6 is 23.1 Å². The molecule has 1 aromatic carbocycles. The number of fused-ring (bicyclic) bond motifs is 1. The molecule has 0 spiro atoms. The Bertz CT molecular complexity index is 901. The average Bonchev–Trinajstić information content (AvgIpc) is 3.22. The molecule has 2 aromatic heterocycles. The molecule has 1 aliphatic rings. The molecule has 1 N–H and O–H groups in total. The zero-order chi connectivity index (χ0) is 17.4. The van der Waals surface area contributed by atoms with Crippen molar-refractivity contribution < 1.29 is 9.53 Å². The van der Waals surface area contributed by atoms with Crippen LogP contribution in [0.5, 0.6) is 5.75 Å². The molecule has 3 aromatic rings. The Kier molecular flexibility index (Phi) is 4.27. The molecule has 25 heavy (non-hydrogen) atoms. The molecular weight excluding hydrogens is 354 g/mol. The lowest BCUT2D eigenvalue weighted by molar-refractivity contribution is -0.113. The predicted octanol–water partition coefficient (Wildman–Crippen LogP) is 4.03. The maximum atomic E-state index is 12.3. The van der Waals surface area contributed by atoms with Crippen molar-refractivity contribution in [1.82, 2.24) is 9.78 Å². The number of anilines is 1. The maximum absolute atomic E-state index is 12.3. The fraction of sp³-hybridized carbons (Fsp3) is 0.222. The molecule has 0 bridgehead atoms. The molecule has 7 heteroatoms. The van der Waals surface area contributed by atoms with Crippen LogP contribution in [0.2, 0.25) is 0 Å². The summed E-state index contributed by atoms with van der Waals surface area (Å²) in [7, 11) is 1.64. The van der Waals surface area contributed by atoms with Crippen LogP contribution in [0.25, 0.3) is 5.69 Å². The van der Waals surface area contributed by atoms with Crippen molar-refractivity contribution in [3.63, 3.8) is 0 Å². The van der Waals surface area contributed by atoms with E-state index in [-0.39, 0.29) is 11.2 Å². The minimum absolute atomic E-state index is 0.00126. The normalized spacial score (nSPS) is 16.9. The zero-order valence-corrected chi connectivity index (χ0v) is 15.5. The van der Waals surface area contributed by atoms with Gasteiger partial charge in [-0.3, -0.25) is 4.79 Å². The van der Waals surface area contributed by atoms with E-state index in [4.69, 9.17) is 9.84 Å². The summed E-state index contributed by atoms with van der Waals surface area (Å²) in [6.45, 7) is 2.00. The lowest BCUT2D eigenvalue weighted by Crippen LogP contribution is -2.15. The topological polar surface area (TPSA) is 56.1 Å². The van der Waals surface area contributed by atoms with E-state index in [1.165, 1.54) is 5.56 Å². The third kappa shape index (κ3) is 2.94. The first-order valence-corrected chi connectivity index (χ1v) is 9.84. The van der Waals surface area contributed by atoms with E-state index in [2.05, 4.69) is 22.1 Å². The van der Waals surface area contributed by atoms with E-state index in [0.29, 0.717) is 5.75 Å². The molecule has 128 valence electrons. The van der Waals surface area contributed by atoms with Crippen LogP contribution in [0, 0.1) is 6.92 Å². The molecule has 1 atom stereocenters. The van der Waals surface area contributed by atoms with Crippen molar-refractivity contribution in [1.29, 1.82) is 0 Å². The quantitative estimate of drug-likeness (QED) is 0.755. The van der Waals surface area contributed by atoms with Gasteiger partial charge in [0.1, 0.15) is 11.6 Å². The second-order valence-corrected chi connectivity index (χ2v) is 7.63. The number of rotatable bonds is 3. The van der Waals surface area contributed by atoms with Gasteiger partial charge in [-0.05, 0) is 53.6 Å². The van der Waals surface area contributed by atoms with E-state index in [1.807, 2.05) is 35.9 Å². The maximum Gasteiger partial charge on any atom is 0.235 e. The Morgan fingerprint density at radius 1 is 1.28 bits per heavy atom. The first-order valence-electron chi connectivity index (χ1n) is 7.85. The van der Waals surface area contributed by atoms with Crippen LogP contribution < -0.4 is 10.1 Å². The molecule has 0 radical (unpaired) electrons. The van der Waals surface area contributed by atoms with E-state index < -0.39 is 0 Å². The van der Waals surface area contributed by atoms with Crippen molar-refractivity contribution in [2.45, 2.75) is 12.2 Å². The number of ether oxygens (including phenoxy) is 1. The van der Waals surface area contributed by atoms with Gasteiger partial charge in [-0.15, -0.1) is 11.8 Å². The molecule has 1 aliphatic heterocycles. The summed E-state index contributed by atoms with van der Waals surface area (Å²) in [5.74, 6) is 1.97. The number of nitrogens with zero attached hydrogens (tertiary/aromatic N) is 2. The lowest BCUT2D eigenvalue weighted by Gasteiger charge is -2.13. The monoisotopic (exact) mass is 371 g/mol. The summed E-state index contributed by atoms with van der Waals surface area (Å²) in [5.41, 5.74) is 4.10. The highest BCUT2D eigenvalue weighted by Gasteiger charge is 2.30. The second kappa shape index (κ2) is 6.57. The Balaban J connectivity index is 1.85. The number of aromatic nitrogens is 2. The predicted molar refractivity (Wildman–Crippen MR) is 102 cm³/mol. The number of hydrogen-bond donors (Lipinski definition) is 1. The van der Waals surface area contributed by atoms with Crippen molar-refractivity contribution in [3.8, 4) is 11.4 Å². The Morgan fingerprint density at radius 3 is 2.76 bits per heavy atom. The summed E-state index contributed by atoms with van der Waals surface area (Å²) in [6.07, 6.45) is 0. The summed E-state index contributed by atoms with van der Waals surface area (Å²) in [4.78, 5) is 12.3. The average molecular weight is 371 g/mol. The molecule has 0 aliphatic carbocycles. The van der Waals surface area contributed by atoms with Gasteiger partial charge >= 0.3 is 0 Å². The molecule has 0 saturated carbocycles. The SMILES string of the molecule is COc1ccc(-n2nc(C)c3c2NC(=O)CS[C@H]3c2ccsc2)cc1. The lowest BCUT2D eigenvalue weighted by atomic mass is 10.1. The van der Waals surface area contributed by atoms with Gasteiger partial charge in [0.05, 0.1) is 29.5 Å². The number of methoxy groups -OCH3 is 1. The molecular formula is C18H17N3O2S2. The molecule has 0 unspecified atom stereocenters. The van der Waals surface area contributed by atoms with E-state index in [9.17, 15) is 4.79 Å². The molecule has 4 rings (SSSR count). The van der Waals surface area contributed by atoms with E-state index in [0.717, 1.165) is 28.5 Å². The number of carbonyl (C=O) groups excluding carboxylic acids is 1. The summed E-state index contributed by atoms with van der Waals surface area (Å²) >= 11 is 3.31. The summed E-state index contributed by atoms with van der Waals surface area (Å²) < 4.78 is 7.04. The van der Waals surface area contributed by atoms with Gasteiger partial charge in [0.25, 0.3) is 0 Å². The number of hydrogen-bond acceptors (Lipinski definition) is 5. The number of benzene rings is 1. The number of aryl methyl sites for hydroxylation is 1. The minimum Gasteiger partial charge on any atom is -0.497 e. The van der Waals surface area contributed by atoms with Crippen molar-refractivity contribution in [2.75, 3.05) is 18.2 Å². The first-order chi connectivity index (χ1) is 12.2. The Morgan fingerprint density at radius 2 is 2.08 bits per heavy atom. The third-order valence-corrected chi connectivity index (χ3v) is 6.14. The van der Waals surface area contributed by atoms with Gasteiger partial charge in [-0.1, -0.05) is 0 Å². The van der Waals surface area contributed by atoms with Crippen LogP contribution in [0.15, 0.2) is 41.1 Å². The molecule has 0 fully saturated rings. The van der Waals surface area contributed by atoms with Crippen LogP contribution in [0.3, 0.4) is 0 Å². The van der Waals surface area contributed by atoms with E-state index >= 15 is 0 Å². The number of thiophene rings is 1.